The standard InChI is InChI=1S/C13H15F/c1-4-10(3)8-12-7-6-11(5-2)9-13(12)14/h4,6-7,9H,1,3,5,8H2,2H3. The maximum Gasteiger partial charge on any atom is 0.127 e. The molecule has 0 unspecified atom stereocenters. The average molecular weight is 190 g/mol. The molecule has 0 fully saturated rings. The summed E-state index contributed by atoms with van der Waals surface area (Å²) in [5.41, 5.74) is 2.55. The van der Waals surface area contributed by atoms with Gasteiger partial charge in [0, 0.05) is 0 Å². The molecule has 0 nitrogen and oxygen atoms in total. The molecule has 0 aromatic heterocycles. The average Bonchev–Trinajstić information content (AvgIpc) is 2.20. The molecule has 0 saturated heterocycles. The Morgan fingerprint density at radius 2 is 2.21 bits per heavy atom. The predicted molar refractivity (Wildman–Crippen MR) is 58.8 cm³/mol. The van der Waals surface area contributed by atoms with Crippen molar-refractivity contribution in [1.29, 1.82) is 0 Å². The Kier molecular flexibility index (Phi) is 3.63. The predicted octanol–water partition coefficient (Wildman–Crippen LogP) is 3.67. The van der Waals surface area contributed by atoms with Crippen molar-refractivity contribution >= 4 is 0 Å². The minimum atomic E-state index is -0.146. The van der Waals surface area contributed by atoms with Crippen LogP contribution < -0.4 is 0 Å². The number of allylic oxidation sites excluding steroid dienone is 2. The van der Waals surface area contributed by atoms with Crippen LogP contribution in [0.25, 0.3) is 0 Å². The molecular weight excluding hydrogens is 175 g/mol. The summed E-state index contributed by atoms with van der Waals surface area (Å²) in [6.45, 7) is 9.38. The molecular formula is C13H15F. The van der Waals surface area contributed by atoms with E-state index in [9.17, 15) is 4.39 Å². The van der Waals surface area contributed by atoms with Gasteiger partial charge in [-0.1, -0.05) is 43.9 Å². The fourth-order valence-corrected chi connectivity index (χ4v) is 1.27. The number of aryl methyl sites for hydroxylation is 1. The Balaban J connectivity index is 2.88. The van der Waals surface area contributed by atoms with Gasteiger partial charge in [0.25, 0.3) is 0 Å². The lowest BCUT2D eigenvalue weighted by Gasteiger charge is -2.04. The van der Waals surface area contributed by atoms with Gasteiger partial charge in [-0.15, -0.1) is 0 Å². The van der Waals surface area contributed by atoms with Crippen molar-refractivity contribution in [2.24, 2.45) is 0 Å². The molecule has 1 aromatic carbocycles. The van der Waals surface area contributed by atoms with Crippen molar-refractivity contribution in [3.63, 3.8) is 0 Å². The van der Waals surface area contributed by atoms with Crippen molar-refractivity contribution in [3.8, 4) is 0 Å². The van der Waals surface area contributed by atoms with Gasteiger partial charge in [0.2, 0.25) is 0 Å². The van der Waals surface area contributed by atoms with E-state index in [1.54, 1.807) is 12.1 Å². The summed E-state index contributed by atoms with van der Waals surface area (Å²) in [5.74, 6) is -0.146. The van der Waals surface area contributed by atoms with E-state index in [2.05, 4.69) is 13.2 Å². The van der Waals surface area contributed by atoms with Crippen LogP contribution in [-0.2, 0) is 12.8 Å². The van der Waals surface area contributed by atoms with Crippen molar-refractivity contribution in [3.05, 3.63) is 60.0 Å². The molecule has 0 N–H and O–H groups in total. The highest BCUT2D eigenvalue weighted by molar-refractivity contribution is 5.29. The highest BCUT2D eigenvalue weighted by Crippen LogP contribution is 2.14. The van der Waals surface area contributed by atoms with E-state index < -0.39 is 0 Å². The maximum atomic E-state index is 13.5. The largest absolute Gasteiger partial charge is 0.207 e. The Bertz CT molecular complexity index is 350. The third-order valence-electron chi connectivity index (χ3n) is 2.23. The quantitative estimate of drug-likeness (QED) is 0.635. The molecule has 0 atom stereocenters. The second-order valence-electron chi connectivity index (χ2n) is 3.32. The van der Waals surface area contributed by atoms with Crippen LogP contribution in [-0.4, -0.2) is 0 Å². The third-order valence-corrected chi connectivity index (χ3v) is 2.23. The first-order valence-electron chi connectivity index (χ1n) is 4.75. The van der Waals surface area contributed by atoms with Gasteiger partial charge in [-0.2, -0.15) is 0 Å². The van der Waals surface area contributed by atoms with Crippen LogP contribution in [0, 0.1) is 5.82 Å². The zero-order chi connectivity index (χ0) is 10.6. The molecule has 0 amide bonds. The topological polar surface area (TPSA) is 0 Å². The van der Waals surface area contributed by atoms with E-state index in [4.69, 9.17) is 0 Å². The summed E-state index contributed by atoms with van der Waals surface area (Å²) in [4.78, 5) is 0. The van der Waals surface area contributed by atoms with Crippen LogP contribution in [0.15, 0.2) is 43.0 Å². The van der Waals surface area contributed by atoms with Gasteiger partial charge in [-0.3, -0.25) is 0 Å². The molecule has 1 aromatic rings. The Morgan fingerprint density at radius 3 is 2.71 bits per heavy atom. The molecule has 0 bridgehead atoms. The van der Waals surface area contributed by atoms with E-state index in [-0.39, 0.29) is 5.82 Å². The monoisotopic (exact) mass is 190 g/mol. The summed E-state index contributed by atoms with van der Waals surface area (Å²) < 4.78 is 13.5. The van der Waals surface area contributed by atoms with Gasteiger partial charge in [-0.25, -0.2) is 4.39 Å². The molecule has 0 heterocycles. The fourth-order valence-electron chi connectivity index (χ4n) is 1.27. The SMILES string of the molecule is C=CC(=C)Cc1ccc(CC)cc1F. The lowest BCUT2D eigenvalue weighted by Crippen LogP contribution is -1.93. The summed E-state index contributed by atoms with van der Waals surface area (Å²) in [7, 11) is 0. The van der Waals surface area contributed by atoms with Gasteiger partial charge < -0.3 is 0 Å². The van der Waals surface area contributed by atoms with Crippen LogP contribution in [0.2, 0.25) is 0 Å². The van der Waals surface area contributed by atoms with Crippen molar-refractivity contribution in [2.75, 3.05) is 0 Å². The molecule has 0 aliphatic heterocycles. The second-order valence-corrected chi connectivity index (χ2v) is 3.32. The van der Waals surface area contributed by atoms with E-state index in [1.165, 1.54) is 0 Å². The first-order chi connectivity index (χ1) is 6.67. The van der Waals surface area contributed by atoms with Gasteiger partial charge in [0.15, 0.2) is 0 Å². The minimum absolute atomic E-state index is 0.146. The zero-order valence-corrected chi connectivity index (χ0v) is 8.52. The zero-order valence-electron chi connectivity index (χ0n) is 8.52. The van der Waals surface area contributed by atoms with Crippen molar-refractivity contribution in [2.45, 2.75) is 19.8 Å². The van der Waals surface area contributed by atoms with E-state index in [0.717, 1.165) is 17.6 Å². The molecule has 0 saturated carbocycles. The van der Waals surface area contributed by atoms with Gasteiger partial charge in [-0.05, 0) is 30.0 Å². The van der Waals surface area contributed by atoms with Crippen LogP contribution in [0.4, 0.5) is 4.39 Å². The highest BCUT2D eigenvalue weighted by atomic mass is 19.1. The second kappa shape index (κ2) is 4.75. The van der Waals surface area contributed by atoms with Crippen LogP contribution in [0.5, 0.6) is 0 Å². The van der Waals surface area contributed by atoms with Crippen molar-refractivity contribution in [1.82, 2.24) is 0 Å². The lowest BCUT2D eigenvalue weighted by atomic mass is 10.0. The van der Waals surface area contributed by atoms with Crippen LogP contribution >= 0.6 is 0 Å². The highest BCUT2D eigenvalue weighted by Gasteiger charge is 2.03. The Morgan fingerprint density at radius 1 is 1.50 bits per heavy atom. The van der Waals surface area contributed by atoms with E-state index >= 15 is 0 Å². The first kappa shape index (κ1) is 10.7. The minimum Gasteiger partial charge on any atom is -0.207 e. The van der Waals surface area contributed by atoms with Crippen LogP contribution in [0.3, 0.4) is 0 Å². The van der Waals surface area contributed by atoms with Gasteiger partial charge >= 0.3 is 0 Å². The summed E-state index contributed by atoms with van der Waals surface area (Å²) >= 11 is 0. The molecule has 14 heavy (non-hydrogen) atoms. The molecule has 0 aliphatic rings. The number of benzene rings is 1. The van der Waals surface area contributed by atoms with Gasteiger partial charge in [0.05, 0.1) is 0 Å². The first-order valence-corrected chi connectivity index (χ1v) is 4.75. The smallest absolute Gasteiger partial charge is 0.127 e. The normalized spacial score (nSPS) is 9.86. The number of hydrogen-bond donors (Lipinski definition) is 0. The Hall–Kier alpha value is -1.37. The summed E-state index contributed by atoms with van der Waals surface area (Å²) in [6, 6.07) is 5.36. The summed E-state index contributed by atoms with van der Waals surface area (Å²) in [6.07, 6.45) is 3.06. The van der Waals surface area contributed by atoms with Crippen molar-refractivity contribution < 1.29 is 4.39 Å². The lowest BCUT2D eigenvalue weighted by molar-refractivity contribution is 0.612. The molecule has 0 aliphatic carbocycles. The summed E-state index contributed by atoms with van der Waals surface area (Å²) in [5, 5.41) is 0. The molecule has 0 spiro atoms. The molecule has 1 rings (SSSR count). The fraction of sp³-hybridized carbons (Fsp3) is 0.231. The number of halogens is 1. The molecule has 74 valence electrons. The molecule has 0 radical (unpaired) electrons. The van der Waals surface area contributed by atoms with E-state index in [1.807, 2.05) is 19.1 Å². The third kappa shape index (κ3) is 2.56. The Labute approximate surface area is 84.8 Å². The van der Waals surface area contributed by atoms with Crippen LogP contribution in [0.1, 0.15) is 18.1 Å². The number of hydrogen-bond acceptors (Lipinski definition) is 0. The maximum absolute atomic E-state index is 13.5. The van der Waals surface area contributed by atoms with Gasteiger partial charge in [0.1, 0.15) is 5.82 Å². The molecule has 1 heteroatoms. The number of rotatable bonds is 4. The van der Waals surface area contributed by atoms with E-state index in [0.29, 0.717) is 12.0 Å².